The van der Waals surface area contributed by atoms with E-state index >= 15 is 4.39 Å². The van der Waals surface area contributed by atoms with Crippen molar-refractivity contribution in [2.75, 3.05) is 18.1 Å². The number of fused-ring (bicyclic) bond motifs is 2. The molecule has 0 radical (unpaired) electrons. The second-order valence-corrected chi connectivity index (χ2v) is 12.7. The van der Waals surface area contributed by atoms with Crippen LogP contribution in [0.4, 0.5) is 4.39 Å². The molecular formula is C31H27ClFN3O2S. The third kappa shape index (κ3) is 4.46. The topological polar surface area (TPSA) is 67.4 Å². The van der Waals surface area contributed by atoms with Crippen LogP contribution in [0.1, 0.15) is 46.3 Å². The zero-order chi connectivity index (χ0) is 27.3. The maximum atomic E-state index is 15.5. The number of rotatable bonds is 4. The summed E-state index contributed by atoms with van der Waals surface area (Å²) >= 11 is 6.27. The Bertz CT molecular complexity index is 1740. The standard InChI is InChI=1S/C31H27ClFN3O2S/c1-18-16-36-17-25(20-7-5-8-21(32)13-20)35-31(36)28(27(18)29(37)26(15-34)39-11-3-4-12-39)23-14-24(33)30-22(19(23)2)9-6-10-38-30/h5,7-8,13-14,16-17H,3-4,6,9-12H2,1-2H3. The van der Waals surface area contributed by atoms with Crippen molar-refractivity contribution in [3.05, 3.63) is 75.8 Å². The predicted molar refractivity (Wildman–Crippen MR) is 156 cm³/mol. The molecule has 0 aliphatic carbocycles. The number of carbonyl (C=O) groups excluding carboxylic acids is 1. The fourth-order valence-electron chi connectivity index (χ4n) is 5.73. The highest BCUT2D eigenvalue weighted by atomic mass is 35.5. The lowest BCUT2D eigenvalue weighted by atomic mass is 9.88. The number of hydrogen-bond donors (Lipinski definition) is 0. The highest BCUT2D eigenvalue weighted by Crippen LogP contribution is 2.41. The Balaban J connectivity index is 1.68. The lowest BCUT2D eigenvalue weighted by molar-refractivity contribution is 0.106. The van der Waals surface area contributed by atoms with Gasteiger partial charge in [0.1, 0.15) is 16.6 Å². The van der Waals surface area contributed by atoms with Crippen molar-refractivity contribution in [1.29, 1.82) is 5.26 Å². The van der Waals surface area contributed by atoms with E-state index in [1.165, 1.54) is 6.07 Å². The van der Waals surface area contributed by atoms with Crippen molar-refractivity contribution in [3.63, 3.8) is 0 Å². The van der Waals surface area contributed by atoms with Gasteiger partial charge in [-0.3, -0.25) is 4.79 Å². The Morgan fingerprint density at radius 3 is 2.72 bits per heavy atom. The third-order valence-corrected chi connectivity index (χ3v) is 10.3. The molecule has 0 atom stereocenters. The molecule has 2 aliphatic rings. The van der Waals surface area contributed by atoms with Crippen LogP contribution in [0.3, 0.4) is 0 Å². The summed E-state index contributed by atoms with van der Waals surface area (Å²) in [5.74, 6) is 1.28. The van der Waals surface area contributed by atoms with Gasteiger partial charge in [0.25, 0.3) is 0 Å². The average molecular weight is 560 g/mol. The number of aryl methyl sites for hydroxylation is 1. The fraction of sp³-hybridized carbons (Fsp3) is 0.290. The molecule has 2 aliphatic heterocycles. The number of ketones is 1. The quantitative estimate of drug-likeness (QED) is 0.194. The number of pyridine rings is 1. The zero-order valence-electron chi connectivity index (χ0n) is 21.8. The second-order valence-electron chi connectivity index (χ2n) is 10.1. The van der Waals surface area contributed by atoms with E-state index in [9.17, 15) is 10.1 Å². The molecule has 8 heteroatoms. The largest absolute Gasteiger partial charge is 0.490 e. The molecule has 0 unspecified atom stereocenters. The van der Waals surface area contributed by atoms with Gasteiger partial charge in [-0.15, -0.1) is 0 Å². The summed E-state index contributed by atoms with van der Waals surface area (Å²) in [6.07, 6.45) is 7.29. The number of aromatic nitrogens is 2. The van der Waals surface area contributed by atoms with Crippen LogP contribution in [0.2, 0.25) is 5.02 Å². The lowest BCUT2D eigenvalue weighted by Crippen LogP contribution is -2.18. The Labute approximate surface area is 234 Å². The van der Waals surface area contributed by atoms with Gasteiger partial charge in [-0.2, -0.15) is 15.7 Å². The van der Waals surface area contributed by atoms with Gasteiger partial charge in [0.05, 0.1) is 12.3 Å². The van der Waals surface area contributed by atoms with E-state index in [0.29, 0.717) is 62.3 Å². The normalized spacial score (nSPS) is 15.2. The molecule has 0 bridgehead atoms. The van der Waals surface area contributed by atoms with Crippen molar-refractivity contribution in [3.8, 4) is 34.2 Å². The SMILES string of the molecule is Cc1cn2cc(-c3cccc(Cl)c3)nc2c(-c2cc(F)c3c(c2C)CCCO3)c1C(=O)C(C#N)=S1CCCC1. The molecule has 1 fully saturated rings. The first-order valence-electron chi connectivity index (χ1n) is 13.1. The van der Waals surface area contributed by atoms with E-state index in [0.717, 1.165) is 47.5 Å². The van der Waals surface area contributed by atoms with Crippen molar-refractivity contribution < 1.29 is 13.9 Å². The number of carbonyl (C=O) groups is 1. The Morgan fingerprint density at radius 2 is 1.97 bits per heavy atom. The van der Waals surface area contributed by atoms with E-state index in [-0.39, 0.29) is 16.3 Å². The van der Waals surface area contributed by atoms with E-state index in [2.05, 4.69) is 6.07 Å². The Morgan fingerprint density at radius 1 is 1.18 bits per heavy atom. The number of hydrogen-bond acceptors (Lipinski definition) is 4. The molecule has 39 heavy (non-hydrogen) atoms. The minimum atomic E-state index is -0.452. The molecule has 4 heterocycles. The highest BCUT2D eigenvalue weighted by molar-refractivity contribution is 8.17. The molecule has 6 rings (SSSR count). The summed E-state index contributed by atoms with van der Waals surface area (Å²) < 4.78 is 23.1. The molecule has 0 spiro atoms. The van der Waals surface area contributed by atoms with Gasteiger partial charge >= 0.3 is 0 Å². The summed E-state index contributed by atoms with van der Waals surface area (Å²) in [7, 11) is -0.371. The van der Waals surface area contributed by atoms with Crippen molar-refractivity contribution in [2.45, 2.75) is 39.5 Å². The number of imidazole rings is 1. The molecular weight excluding hydrogens is 533 g/mol. The first-order valence-corrected chi connectivity index (χ1v) is 15.0. The van der Waals surface area contributed by atoms with Crippen LogP contribution in [-0.4, -0.2) is 38.1 Å². The molecule has 0 amide bonds. The molecule has 2 aromatic heterocycles. The molecule has 5 nitrogen and oxygen atoms in total. The maximum absolute atomic E-state index is 15.5. The van der Waals surface area contributed by atoms with Crippen molar-refractivity contribution >= 4 is 38.4 Å². The van der Waals surface area contributed by atoms with Crippen LogP contribution < -0.4 is 4.74 Å². The number of halogens is 2. The van der Waals surface area contributed by atoms with Crippen LogP contribution in [-0.2, 0) is 6.42 Å². The summed E-state index contributed by atoms with van der Waals surface area (Å²) in [4.78, 5) is 19.5. The average Bonchev–Trinajstić information content (AvgIpc) is 3.61. The maximum Gasteiger partial charge on any atom is 0.210 e. The van der Waals surface area contributed by atoms with Gasteiger partial charge in [-0.25, -0.2) is 9.37 Å². The second kappa shape index (κ2) is 10.3. The van der Waals surface area contributed by atoms with Crippen LogP contribution in [0.15, 0.2) is 42.7 Å². The molecule has 1 saturated heterocycles. The molecule has 2 aromatic carbocycles. The van der Waals surface area contributed by atoms with E-state index in [4.69, 9.17) is 21.3 Å². The van der Waals surface area contributed by atoms with Crippen molar-refractivity contribution in [2.24, 2.45) is 0 Å². The van der Waals surface area contributed by atoms with Gasteiger partial charge in [0.15, 0.2) is 11.6 Å². The fourth-order valence-corrected chi connectivity index (χ4v) is 8.13. The number of Topliss-reactive ketones (excluding diaryl/α,β-unsaturated/α-hetero) is 1. The lowest BCUT2D eigenvalue weighted by Gasteiger charge is -2.23. The smallest absolute Gasteiger partial charge is 0.210 e. The minimum Gasteiger partial charge on any atom is -0.490 e. The third-order valence-electron chi connectivity index (χ3n) is 7.61. The summed E-state index contributed by atoms with van der Waals surface area (Å²) in [5.41, 5.74) is 6.01. The molecule has 4 aromatic rings. The van der Waals surface area contributed by atoms with Gasteiger partial charge in [0.2, 0.25) is 5.78 Å². The highest BCUT2D eigenvalue weighted by Gasteiger charge is 2.29. The van der Waals surface area contributed by atoms with Gasteiger partial charge in [-0.1, -0.05) is 23.7 Å². The predicted octanol–water partition coefficient (Wildman–Crippen LogP) is 7.34. The number of ether oxygens (including phenoxy) is 1. The van der Waals surface area contributed by atoms with E-state index in [1.54, 1.807) is 6.07 Å². The Kier molecular flexibility index (Phi) is 6.78. The number of benzene rings is 2. The van der Waals surface area contributed by atoms with E-state index < -0.39 is 5.82 Å². The van der Waals surface area contributed by atoms with E-state index in [1.807, 2.05) is 48.8 Å². The number of nitriles is 1. The monoisotopic (exact) mass is 559 g/mol. The first-order chi connectivity index (χ1) is 18.9. The zero-order valence-corrected chi connectivity index (χ0v) is 23.4. The van der Waals surface area contributed by atoms with Crippen molar-refractivity contribution in [1.82, 2.24) is 9.38 Å². The first kappa shape index (κ1) is 25.8. The van der Waals surface area contributed by atoms with Crippen LogP contribution >= 0.6 is 22.1 Å². The van der Waals surface area contributed by atoms with Crippen LogP contribution in [0.5, 0.6) is 5.75 Å². The van der Waals surface area contributed by atoms with Gasteiger partial charge in [0, 0.05) is 39.7 Å². The van der Waals surface area contributed by atoms with Crippen LogP contribution in [0, 0.1) is 31.0 Å². The minimum absolute atomic E-state index is 0.279. The molecule has 198 valence electrons. The van der Waals surface area contributed by atoms with Gasteiger partial charge < -0.3 is 9.14 Å². The molecule has 0 saturated carbocycles. The Hall–Kier alpha value is -3.47. The summed E-state index contributed by atoms with van der Waals surface area (Å²) in [6.45, 7) is 4.30. The number of nitrogens with zero attached hydrogens (tertiary/aromatic N) is 3. The van der Waals surface area contributed by atoms with Gasteiger partial charge in [-0.05, 0) is 85.9 Å². The van der Waals surface area contributed by atoms with Crippen LogP contribution in [0.25, 0.3) is 28.0 Å². The molecule has 0 N–H and O–H groups in total. The summed E-state index contributed by atoms with van der Waals surface area (Å²) in [5, 5.41) is 10.7. The summed E-state index contributed by atoms with van der Waals surface area (Å²) in [6, 6.07) is 11.1.